The Kier molecular flexibility index (Phi) is 4.38. The van der Waals surface area contributed by atoms with E-state index in [1.54, 1.807) is 24.5 Å². The maximum Gasteiger partial charge on any atom is 0.223 e. The van der Waals surface area contributed by atoms with E-state index in [-0.39, 0.29) is 11.3 Å². The molecule has 1 N–H and O–H groups in total. The number of carbonyl (C=O) groups is 1. The fourth-order valence-corrected chi connectivity index (χ4v) is 2.47. The molecule has 120 valence electrons. The number of nitrogens with one attached hydrogen (secondary N) is 1. The predicted octanol–water partition coefficient (Wildman–Crippen LogP) is 4.05. The minimum absolute atomic E-state index is 0.0792. The molecule has 0 bridgehead atoms. The first kappa shape index (κ1) is 15.9. The molecule has 1 aromatic heterocycles. The molecule has 0 amide bonds. The summed E-state index contributed by atoms with van der Waals surface area (Å²) < 4.78 is 0. The summed E-state index contributed by atoms with van der Waals surface area (Å²) in [7, 11) is 0. The average Bonchev–Trinajstić information content (AvgIpc) is 2.63. The Hall–Kier alpha value is -3.01. The number of hydrogen-bond acceptors (Lipinski definition) is 4. The third kappa shape index (κ3) is 3.49. The molecule has 3 aromatic rings. The molecule has 1 heterocycles. The van der Waals surface area contributed by atoms with E-state index in [1.165, 1.54) is 0 Å². The Morgan fingerprint density at radius 1 is 0.833 bits per heavy atom. The van der Waals surface area contributed by atoms with Crippen LogP contribution in [0.4, 0.5) is 5.95 Å². The normalized spacial score (nSPS) is 11.1. The van der Waals surface area contributed by atoms with Crippen molar-refractivity contribution in [3.05, 3.63) is 89.7 Å². The van der Waals surface area contributed by atoms with Crippen LogP contribution in [0.2, 0.25) is 0 Å². The molecule has 0 aliphatic rings. The lowest BCUT2D eigenvalue weighted by Gasteiger charge is -2.26. The van der Waals surface area contributed by atoms with Crippen molar-refractivity contribution in [1.82, 2.24) is 9.97 Å². The van der Waals surface area contributed by atoms with Crippen molar-refractivity contribution in [2.75, 3.05) is 5.32 Å². The SMILES string of the molecule is CC(C)(Nc1ncc(C(=O)c2ccccc2)cn1)c1ccccc1. The van der Waals surface area contributed by atoms with Crippen LogP contribution in [0.5, 0.6) is 0 Å². The van der Waals surface area contributed by atoms with Crippen LogP contribution < -0.4 is 5.32 Å². The first-order chi connectivity index (χ1) is 11.6. The molecule has 2 aromatic carbocycles. The van der Waals surface area contributed by atoms with E-state index in [2.05, 4.69) is 41.3 Å². The number of rotatable bonds is 5. The largest absolute Gasteiger partial charge is 0.345 e. The molecule has 4 heteroatoms. The van der Waals surface area contributed by atoms with Gasteiger partial charge in [0.05, 0.1) is 11.1 Å². The molecule has 3 rings (SSSR count). The summed E-state index contributed by atoms with van der Waals surface area (Å²) >= 11 is 0. The van der Waals surface area contributed by atoms with Gasteiger partial charge in [-0.15, -0.1) is 0 Å². The molecular weight excluding hydrogens is 298 g/mol. The number of anilines is 1. The van der Waals surface area contributed by atoms with Crippen molar-refractivity contribution in [2.45, 2.75) is 19.4 Å². The van der Waals surface area contributed by atoms with Crippen molar-refractivity contribution < 1.29 is 4.79 Å². The van der Waals surface area contributed by atoms with E-state index in [1.807, 2.05) is 36.4 Å². The number of aromatic nitrogens is 2. The van der Waals surface area contributed by atoms with Gasteiger partial charge in [-0.25, -0.2) is 9.97 Å². The van der Waals surface area contributed by atoms with E-state index in [0.29, 0.717) is 17.1 Å². The van der Waals surface area contributed by atoms with Gasteiger partial charge in [-0.3, -0.25) is 4.79 Å². The second-order valence-corrected chi connectivity index (χ2v) is 6.11. The minimum atomic E-state index is -0.313. The zero-order chi connectivity index (χ0) is 17.0. The van der Waals surface area contributed by atoms with E-state index < -0.39 is 0 Å². The third-order valence-electron chi connectivity index (χ3n) is 3.87. The molecule has 4 nitrogen and oxygen atoms in total. The van der Waals surface area contributed by atoms with Crippen LogP contribution >= 0.6 is 0 Å². The lowest BCUT2D eigenvalue weighted by Crippen LogP contribution is -2.29. The summed E-state index contributed by atoms with van der Waals surface area (Å²) in [5, 5.41) is 3.31. The van der Waals surface area contributed by atoms with Crippen LogP contribution in [-0.4, -0.2) is 15.8 Å². The molecule has 0 fully saturated rings. The number of hydrogen-bond donors (Lipinski definition) is 1. The van der Waals surface area contributed by atoms with E-state index >= 15 is 0 Å². The number of ketones is 1. The van der Waals surface area contributed by atoms with Gasteiger partial charge in [0.25, 0.3) is 0 Å². The predicted molar refractivity (Wildman–Crippen MR) is 95.0 cm³/mol. The summed E-state index contributed by atoms with van der Waals surface area (Å²) in [4.78, 5) is 20.9. The molecule has 0 atom stereocenters. The Labute approximate surface area is 141 Å². The van der Waals surface area contributed by atoms with Crippen LogP contribution in [-0.2, 0) is 5.54 Å². The molecule has 0 aliphatic carbocycles. The first-order valence-corrected chi connectivity index (χ1v) is 7.82. The maximum absolute atomic E-state index is 12.4. The van der Waals surface area contributed by atoms with Gasteiger partial charge in [0.1, 0.15) is 0 Å². The van der Waals surface area contributed by atoms with Crippen LogP contribution in [0, 0.1) is 0 Å². The summed E-state index contributed by atoms with van der Waals surface area (Å²) in [6.45, 7) is 4.13. The maximum atomic E-state index is 12.4. The Bertz CT molecular complexity index is 813. The van der Waals surface area contributed by atoms with Crippen molar-refractivity contribution in [3.63, 3.8) is 0 Å². The molecular formula is C20H19N3O. The lowest BCUT2D eigenvalue weighted by atomic mass is 9.95. The molecule has 0 saturated carbocycles. The van der Waals surface area contributed by atoms with Crippen molar-refractivity contribution in [3.8, 4) is 0 Å². The van der Waals surface area contributed by atoms with Crippen molar-refractivity contribution >= 4 is 11.7 Å². The Morgan fingerprint density at radius 2 is 1.38 bits per heavy atom. The standard InChI is InChI=1S/C20H19N3O/c1-20(2,17-11-7-4-8-12-17)23-19-21-13-16(14-22-19)18(24)15-9-5-3-6-10-15/h3-14H,1-2H3,(H,21,22,23). The van der Waals surface area contributed by atoms with Gasteiger partial charge in [0.15, 0.2) is 5.78 Å². The van der Waals surface area contributed by atoms with Crippen LogP contribution in [0.1, 0.15) is 35.3 Å². The second-order valence-electron chi connectivity index (χ2n) is 6.11. The molecule has 0 spiro atoms. The highest BCUT2D eigenvalue weighted by Gasteiger charge is 2.21. The second kappa shape index (κ2) is 6.62. The molecule has 0 saturated heterocycles. The highest BCUT2D eigenvalue weighted by molar-refractivity contribution is 6.08. The molecule has 0 aliphatic heterocycles. The number of benzene rings is 2. The molecule has 0 radical (unpaired) electrons. The Balaban J connectivity index is 1.77. The zero-order valence-electron chi connectivity index (χ0n) is 13.7. The fourth-order valence-electron chi connectivity index (χ4n) is 2.47. The topological polar surface area (TPSA) is 54.9 Å². The highest BCUT2D eigenvalue weighted by Crippen LogP contribution is 2.23. The van der Waals surface area contributed by atoms with Crippen LogP contribution in [0.25, 0.3) is 0 Å². The number of carbonyl (C=O) groups excluding carboxylic acids is 1. The van der Waals surface area contributed by atoms with Gasteiger partial charge in [0.2, 0.25) is 5.95 Å². The third-order valence-corrected chi connectivity index (χ3v) is 3.87. The summed E-state index contributed by atoms with van der Waals surface area (Å²) in [6, 6.07) is 19.2. The van der Waals surface area contributed by atoms with Gasteiger partial charge in [-0.1, -0.05) is 60.7 Å². The Morgan fingerprint density at radius 3 is 1.96 bits per heavy atom. The zero-order valence-corrected chi connectivity index (χ0v) is 13.7. The van der Waals surface area contributed by atoms with Crippen molar-refractivity contribution in [1.29, 1.82) is 0 Å². The molecule has 0 unspecified atom stereocenters. The van der Waals surface area contributed by atoms with E-state index in [0.717, 1.165) is 5.56 Å². The lowest BCUT2D eigenvalue weighted by molar-refractivity contribution is 0.103. The van der Waals surface area contributed by atoms with E-state index in [9.17, 15) is 4.79 Å². The van der Waals surface area contributed by atoms with Crippen LogP contribution in [0.3, 0.4) is 0 Å². The van der Waals surface area contributed by atoms with Gasteiger partial charge < -0.3 is 5.32 Å². The van der Waals surface area contributed by atoms with E-state index in [4.69, 9.17) is 0 Å². The fraction of sp³-hybridized carbons (Fsp3) is 0.150. The first-order valence-electron chi connectivity index (χ1n) is 7.82. The van der Waals surface area contributed by atoms with Crippen molar-refractivity contribution in [2.24, 2.45) is 0 Å². The monoisotopic (exact) mass is 317 g/mol. The van der Waals surface area contributed by atoms with Gasteiger partial charge >= 0.3 is 0 Å². The summed E-state index contributed by atoms with van der Waals surface area (Å²) in [6.07, 6.45) is 3.12. The van der Waals surface area contributed by atoms with Gasteiger partial charge in [-0.05, 0) is 19.4 Å². The minimum Gasteiger partial charge on any atom is -0.345 e. The highest BCUT2D eigenvalue weighted by atomic mass is 16.1. The van der Waals surface area contributed by atoms with Gasteiger partial charge in [0, 0.05) is 18.0 Å². The average molecular weight is 317 g/mol. The molecule has 24 heavy (non-hydrogen) atoms. The summed E-state index contributed by atoms with van der Waals surface area (Å²) in [5.41, 5.74) is 1.93. The van der Waals surface area contributed by atoms with Crippen LogP contribution in [0.15, 0.2) is 73.1 Å². The quantitative estimate of drug-likeness (QED) is 0.721. The summed E-state index contributed by atoms with van der Waals surface area (Å²) in [5.74, 6) is 0.415. The van der Waals surface area contributed by atoms with Gasteiger partial charge in [-0.2, -0.15) is 0 Å². The smallest absolute Gasteiger partial charge is 0.223 e. The number of nitrogens with zero attached hydrogens (tertiary/aromatic N) is 2.